The largest absolute Gasteiger partial charge is 0.505 e. The van der Waals surface area contributed by atoms with E-state index in [4.69, 9.17) is 21.4 Å². The van der Waals surface area contributed by atoms with E-state index < -0.39 is 23.8 Å². The average molecular weight is 362 g/mol. The molecule has 1 atom stereocenters. The van der Waals surface area contributed by atoms with E-state index in [0.29, 0.717) is 5.02 Å². The molecule has 25 heavy (non-hydrogen) atoms. The number of carboxylic acid groups (broad SMARTS) is 1. The first-order valence-electron chi connectivity index (χ1n) is 7.09. The quantitative estimate of drug-likeness (QED) is 0.490. The summed E-state index contributed by atoms with van der Waals surface area (Å²) in [5.41, 5.74) is -0.166. The maximum absolute atomic E-state index is 12.5. The predicted molar refractivity (Wildman–Crippen MR) is 89.2 cm³/mol. The molecular formula is C17H12ClNO6. The van der Waals surface area contributed by atoms with Gasteiger partial charge in [-0.25, -0.2) is 4.79 Å². The first-order valence-corrected chi connectivity index (χ1v) is 7.47. The van der Waals surface area contributed by atoms with Crippen LogP contribution in [-0.4, -0.2) is 33.4 Å². The highest BCUT2D eigenvalue weighted by atomic mass is 35.5. The Morgan fingerprint density at radius 3 is 2.76 bits per heavy atom. The minimum absolute atomic E-state index is 0.0595. The summed E-state index contributed by atoms with van der Waals surface area (Å²) in [7, 11) is 0. The zero-order valence-electron chi connectivity index (χ0n) is 12.6. The number of aliphatic hydroxyl groups excluding tert-OH is 1. The number of aromatic carboxylic acids is 1. The lowest BCUT2D eigenvalue weighted by Gasteiger charge is -2.24. The number of hydrogen-bond donors (Lipinski definition) is 4. The summed E-state index contributed by atoms with van der Waals surface area (Å²) in [6.07, 6.45) is -0.365. The molecule has 0 fully saturated rings. The van der Waals surface area contributed by atoms with Gasteiger partial charge in [0.15, 0.2) is 5.75 Å². The Morgan fingerprint density at radius 2 is 2.04 bits per heavy atom. The summed E-state index contributed by atoms with van der Waals surface area (Å²) in [6, 6.07) is 8.51. The standard InChI is InChI=1S/C17H12ClNO6/c18-8-4-5-13-10(6-8)14(20)11(17(24)25-13)7-19-12-3-1-2-9(15(12)21)16(22)23/h1-7,17,19,21,24H,(H,22,23)/b11-7-/t17-/m1/s1. The fraction of sp³-hybridized carbons (Fsp3) is 0.0588. The van der Waals surface area contributed by atoms with Gasteiger partial charge in [0.1, 0.15) is 11.3 Å². The van der Waals surface area contributed by atoms with Gasteiger partial charge in [-0.3, -0.25) is 4.79 Å². The molecule has 0 saturated heterocycles. The van der Waals surface area contributed by atoms with Crippen LogP contribution < -0.4 is 10.1 Å². The number of halogens is 1. The van der Waals surface area contributed by atoms with Crippen molar-refractivity contribution >= 4 is 29.0 Å². The Bertz CT molecular complexity index is 908. The molecule has 2 aromatic carbocycles. The highest BCUT2D eigenvalue weighted by Gasteiger charge is 2.30. The van der Waals surface area contributed by atoms with E-state index in [1.165, 1.54) is 36.4 Å². The highest BCUT2D eigenvalue weighted by molar-refractivity contribution is 6.31. The smallest absolute Gasteiger partial charge is 0.339 e. The van der Waals surface area contributed by atoms with Crippen LogP contribution in [0, 0.1) is 0 Å². The van der Waals surface area contributed by atoms with Crippen LogP contribution in [0.5, 0.6) is 11.5 Å². The number of Topliss-reactive ketones (excluding diaryl/α,β-unsaturated/α-hetero) is 1. The SMILES string of the molecule is O=C1/C(=C/Nc2cccc(C(=O)O)c2O)[C@H](O)Oc2ccc(Cl)cc21. The summed E-state index contributed by atoms with van der Waals surface area (Å²) < 4.78 is 5.26. The summed E-state index contributed by atoms with van der Waals surface area (Å²) in [4.78, 5) is 23.5. The maximum atomic E-state index is 12.5. The Hall–Kier alpha value is -3.03. The van der Waals surface area contributed by atoms with Crippen molar-refractivity contribution in [2.24, 2.45) is 0 Å². The molecule has 0 bridgehead atoms. The van der Waals surface area contributed by atoms with Crippen molar-refractivity contribution in [3.8, 4) is 11.5 Å². The molecule has 0 spiro atoms. The van der Waals surface area contributed by atoms with Gasteiger partial charge in [-0.05, 0) is 30.3 Å². The Morgan fingerprint density at radius 1 is 1.28 bits per heavy atom. The minimum atomic E-state index is -1.52. The number of benzene rings is 2. The van der Waals surface area contributed by atoms with Crippen LogP contribution in [0.2, 0.25) is 5.02 Å². The van der Waals surface area contributed by atoms with Crippen LogP contribution in [0.3, 0.4) is 0 Å². The van der Waals surface area contributed by atoms with Crippen molar-refractivity contribution in [2.75, 3.05) is 5.32 Å². The number of carboxylic acids is 1. The van der Waals surface area contributed by atoms with Gasteiger partial charge in [0.05, 0.1) is 16.8 Å². The van der Waals surface area contributed by atoms with E-state index >= 15 is 0 Å². The van der Waals surface area contributed by atoms with Crippen LogP contribution in [-0.2, 0) is 0 Å². The first kappa shape index (κ1) is 16.8. The Balaban J connectivity index is 1.93. The molecule has 2 aromatic rings. The number of rotatable bonds is 3. The number of ether oxygens (including phenoxy) is 1. The molecule has 128 valence electrons. The molecule has 0 aromatic heterocycles. The molecule has 0 amide bonds. The third-order valence-electron chi connectivity index (χ3n) is 3.60. The van der Waals surface area contributed by atoms with E-state index in [9.17, 15) is 19.8 Å². The second-order valence-electron chi connectivity index (χ2n) is 5.19. The fourth-order valence-corrected chi connectivity index (χ4v) is 2.53. The number of para-hydroxylation sites is 1. The molecule has 0 saturated carbocycles. The number of aliphatic hydroxyl groups is 1. The third kappa shape index (κ3) is 3.15. The number of nitrogens with one attached hydrogen (secondary N) is 1. The number of carbonyl (C=O) groups is 2. The maximum Gasteiger partial charge on any atom is 0.339 e. The lowest BCUT2D eigenvalue weighted by molar-refractivity contribution is 0.00782. The van der Waals surface area contributed by atoms with Gasteiger partial charge < -0.3 is 25.4 Å². The van der Waals surface area contributed by atoms with E-state index in [0.717, 1.165) is 6.20 Å². The van der Waals surface area contributed by atoms with Crippen molar-refractivity contribution in [3.05, 3.63) is 64.3 Å². The molecule has 4 N–H and O–H groups in total. The van der Waals surface area contributed by atoms with Crippen molar-refractivity contribution < 1.29 is 29.6 Å². The van der Waals surface area contributed by atoms with E-state index in [2.05, 4.69) is 5.32 Å². The normalized spacial score (nSPS) is 17.8. The number of fused-ring (bicyclic) bond motifs is 1. The van der Waals surface area contributed by atoms with Crippen LogP contribution in [0.25, 0.3) is 0 Å². The minimum Gasteiger partial charge on any atom is -0.505 e. The Kier molecular flexibility index (Phi) is 4.35. The molecule has 7 nitrogen and oxygen atoms in total. The number of phenols is 1. The van der Waals surface area contributed by atoms with E-state index in [1.807, 2.05) is 0 Å². The summed E-state index contributed by atoms with van der Waals surface area (Å²) in [5.74, 6) is -2.09. The second-order valence-corrected chi connectivity index (χ2v) is 5.63. The number of carbonyl (C=O) groups excluding carboxylic acids is 1. The van der Waals surface area contributed by atoms with Crippen LogP contribution in [0.4, 0.5) is 5.69 Å². The topological polar surface area (TPSA) is 116 Å². The van der Waals surface area contributed by atoms with E-state index in [1.54, 1.807) is 0 Å². The van der Waals surface area contributed by atoms with Gasteiger partial charge in [-0.15, -0.1) is 0 Å². The number of anilines is 1. The number of hydrogen-bond acceptors (Lipinski definition) is 6. The number of aromatic hydroxyl groups is 1. The molecule has 0 unspecified atom stereocenters. The van der Waals surface area contributed by atoms with Crippen molar-refractivity contribution in [1.29, 1.82) is 0 Å². The van der Waals surface area contributed by atoms with Gasteiger partial charge in [0.25, 0.3) is 0 Å². The summed E-state index contributed by atoms with van der Waals surface area (Å²) in [6.45, 7) is 0. The van der Waals surface area contributed by atoms with Crippen LogP contribution in [0.15, 0.2) is 48.2 Å². The van der Waals surface area contributed by atoms with Crippen LogP contribution in [0.1, 0.15) is 20.7 Å². The lowest BCUT2D eigenvalue weighted by Crippen LogP contribution is -2.30. The highest BCUT2D eigenvalue weighted by Crippen LogP contribution is 2.33. The molecular weight excluding hydrogens is 350 g/mol. The summed E-state index contributed by atoms with van der Waals surface area (Å²) in [5, 5.41) is 31.9. The summed E-state index contributed by atoms with van der Waals surface area (Å²) >= 11 is 5.87. The molecule has 0 radical (unpaired) electrons. The monoisotopic (exact) mass is 361 g/mol. The zero-order chi connectivity index (χ0) is 18.1. The predicted octanol–water partition coefficient (Wildman–Crippen LogP) is 2.63. The zero-order valence-corrected chi connectivity index (χ0v) is 13.3. The number of ketones is 1. The Labute approximate surface area is 146 Å². The van der Waals surface area contributed by atoms with Gasteiger partial charge in [0.2, 0.25) is 12.1 Å². The lowest BCUT2D eigenvalue weighted by atomic mass is 10.00. The molecule has 1 aliphatic heterocycles. The molecule has 3 rings (SSSR count). The van der Waals surface area contributed by atoms with Crippen molar-refractivity contribution in [2.45, 2.75) is 6.29 Å². The fourth-order valence-electron chi connectivity index (χ4n) is 2.36. The second kappa shape index (κ2) is 6.46. The first-order chi connectivity index (χ1) is 11.9. The molecule has 1 heterocycles. The molecule has 1 aliphatic rings. The van der Waals surface area contributed by atoms with Crippen molar-refractivity contribution in [3.63, 3.8) is 0 Å². The average Bonchev–Trinajstić information content (AvgIpc) is 2.56. The third-order valence-corrected chi connectivity index (χ3v) is 3.84. The van der Waals surface area contributed by atoms with Crippen LogP contribution >= 0.6 is 11.6 Å². The van der Waals surface area contributed by atoms with Gasteiger partial charge in [-0.2, -0.15) is 0 Å². The van der Waals surface area contributed by atoms with Crippen molar-refractivity contribution in [1.82, 2.24) is 0 Å². The van der Waals surface area contributed by atoms with Gasteiger partial charge in [-0.1, -0.05) is 17.7 Å². The molecule has 8 heteroatoms. The van der Waals surface area contributed by atoms with Gasteiger partial charge >= 0.3 is 5.97 Å². The molecule has 0 aliphatic carbocycles. The van der Waals surface area contributed by atoms with Gasteiger partial charge in [0, 0.05) is 11.2 Å². The van der Waals surface area contributed by atoms with E-state index in [-0.39, 0.29) is 28.1 Å².